The zero-order valence-electron chi connectivity index (χ0n) is 18.8. The molecule has 3 rings (SSSR count). The van der Waals surface area contributed by atoms with Crippen LogP contribution in [0.4, 0.5) is 4.39 Å². The average Bonchev–Trinajstić information content (AvgIpc) is 3.07. The number of carbonyl (C=O) groups excluding carboxylic acids is 1. The van der Waals surface area contributed by atoms with Gasteiger partial charge in [-0.15, -0.1) is 0 Å². The molecule has 1 aromatic heterocycles. The van der Waals surface area contributed by atoms with Gasteiger partial charge >= 0.3 is 0 Å². The predicted molar refractivity (Wildman–Crippen MR) is 122 cm³/mol. The monoisotopic (exact) mass is 431 g/mol. The molecule has 0 unspecified atom stereocenters. The molecule has 0 saturated carbocycles. The van der Waals surface area contributed by atoms with Crippen molar-refractivity contribution in [1.29, 1.82) is 0 Å². The number of piperidine rings is 1. The van der Waals surface area contributed by atoms with Gasteiger partial charge in [-0.1, -0.05) is 6.92 Å². The second kappa shape index (κ2) is 11.1. The summed E-state index contributed by atoms with van der Waals surface area (Å²) >= 11 is 0. The molecule has 0 atom stereocenters. The van der Waals surface area contributed by atoms with E-state index in [9.17, 15) is 9.18 Å². The van der Waals surface area contributed by atoms with Gasteiger partial charge in [-0.05, 0) is 51.3 Å². The Hall–Kier alpha value is -2.61. The lowest BCUT2D eigenvalue weighted by Crippen LogP contribution is -2.50. The lowest BCUT2D eigenvalue weighted by Gasteiger charge is -2.32. The zero-order valence-corrected chi connectivity index (χ0v) is 18.8. The number of fused-ring (bicyclic) bond motifs is 1. The number of hydrogen-bond acceptors (Lipinski definition) is 4. The number of guanidine groups is 1. The molecule has 31 heavy (non-hydrogen) atoms. The average molecular weight is 432 g/mol. The second-order valence-corrected chi connectivity index (χ2v) is 8.03. The van der Waals surface area contributed by atoms with Gasteiger partial charge in [0.25, 0.3) is 0 Å². The molecule has 2 heterocycles. The summed E-state index contributed by atoms with van der Waals surface area (Å²) in [6, 6.07) is 4.87. The Labute approximate surface area is 183 Å². The Morgan fingerprint density at radius 3 is 2.74 bits per heavy atom. The van der Waals surface area contributed by atoms with E-state index in [1.54, 1.807) is 6.07 Å². The van der Waals surface area contributed by atoms with Crippen LogP contribution in [0.15, 0.2) is 27.6 Å². The molecule has 0 radical (unpaired) electrons. The van der Waals surface area contributed by atoms with Crippen LogP contribution in [0.25, 0.3) is 11.0 Å². The van der Waals surface area contributed by atoms with E-state index in [2.05, 4.69) is 32.8 Å². The molecule has 1 aliphatic rings. The number of aliphatic imine (C=N–C) groups is 1. The van der Waals surface area contributed by atoms with Crippen LogP contribution in [0.2, 0.25) is 0 Å². The van der Waals surface area contributed by atoms with E-state index < -0.39 is 0 Å². The van der Waals surface area contributed by atoms with Crippen molar-refractivity contribution in [3.8, 4) is 0 Å². The smallest absolute Gasteiger partial charge is 0.234 e. The number of likely N-dealkylation sites (tertiary alicyclic amines) is 1. The maximum atomic E-state index is 13.5. The summed E-state index contributed by atoms with van der Waals surface area (Å²) in [6.07, 6.45) is 2.86. The summed E-state index contributed by atoms with van der Waals surface area (Å²) in [6.45, 7) is 10.1. The summed E-state index contributed by atoms with van der Waals surface area (Å²) in [7, 11) is 0. The summed E-state index contributed by atoms with van der Waals surface area (Å²) in [5.41, 5.74) is 1.60. The third-order valence-electron chi connectivity index (χ3n) is 5.59. The molecule has 0 aliphatic carbocycles. The van der Waals surface area contributed by atoms with Gasteiger partial charge < -0.3 is 20.4 Å². The Bertz CT molecular complexity index is 903. The number of nitrogens with one attached hydrogen (secondary N) is 3. The minimum atomic E-state index is -0.268. The lowest BCUT2D eigenvalue weighted by atomic mass is 10.1. The van der Waals surface area contributed by atoms with Crippen LogP contribution in [0.3, 0.4) is 0 Å². The summed E-state index contributed by atoms with van der Waals surface area (Å²) in [4.78, 5) is 18.8. The van der Waals surface area contributed by atoms with E-state index in [4.69, 9.17) is 4.42 Å². The van der Waals surface area contributed by atoms with Crippen LogP contribution < -0.4 is 16.0 Å². The van der Waals surface area contributed by atoms with Gasteiger partial charge in [-0.3, -0.25) is 9.69 Å². The highest BCUT2D eigenvalue weighted by atomic mass is 19.1. The minimum absolute atomic E-state index is 0.101. The van der Waals surface area contributed by atoms with Crippen LogP contribution in [0.5, 0.6) is 0 Å². The van der Waals surface area contributed by atoms with Crippen molar-refractivity contribution in [2.45, 2.75) is 52.6 Å². The van der Waals surface area contributed by atoms with Crippen LogP contribution >= 0.6 is 0 Å². The zero-order chi connectivity index (χ0) is 22.2. The predicted octanol–water partition coefficient (Wildman–Crippen LogP) is 2.93. The number of nitrogens with zero attached hydrogens (tertiary/aromatic N) is 2. The molecule has 0 spiro atoms. The van der Waals surface area contributed by atoms with Crippen molar-refractivity contribution in [3.05, 3.63) is 35.3 Å². The van der Waals surface area contributed by atoms with E-state index in [1.807, 2.05) is 13.8 Å². The van der Waals surface area contributed by atoms with Crippen molar-refractivity contribution >= 4 is 22.8 Å². The number of aryl methyl sites for hydroxylation is 1. The SMILES string of the molecule is CCCNC(=O)CN1CCC(NC(=NCc2oc3ccc(F)cc3c2C)NCC)CC1. The molecule has 2 aromatic rings. The van der Waals surface area contributed by atoms with Gasteiger partial charge in [0.15, 0.2) is 5.96 Å². The van der Waals surface area contributed by atoms with Crippen LogP contribution in [-0.4, -0.2) is 55.5 Å². The second-order valence-electron chi connectivity index (χ2n) is 8.03. The van der Waals surface area contributed by atoms with Gasteiger partial charge in [0.2, 0.25) is 5.91 Å². The maximum Gasteiger partial charge on any atom is 0.234 e. The molecule has 1 saturated heterocycles. The van der Waals surface area contributed by atoms with Crippen molar-refractivity contribution in [3.63, 3.8) is 0 Å². The van der Waals surface area contributed by atoms with Gasteiger partial charge in [-0.25, -0.2) is 9.38 Å². The highest BCUT2D eigenvalue weighted by molar-refractivity contribution is 5.83. The van der Waals surface area contributed by atoms with Crippen molar-refractivity contribution in [2.75, 3.05) is 32.7 Å². The van der Waals surface area contributed by atoms with Crippen LogP contribution in [0, 0.1) is 12.7 Å². The molecule has 1 amide bonds. The van der Waals surface area contributed by atoms with Gasteiger partial charge in [0, 0.05) is 43.2 Å². The standard InChI is InChI=1S/C23H34FN5O2/c1-4-10-26-22(30)15-29-11-8-18(9-12-29)28-23(25-5-2)27-14-21-16(3)19-13-17(24)6-7-20(19)31-21/h6-7,13,18H,4-5,8-12,14-15H2,1-3H3,(H,26,30)(H2,25,27,28). The van der Waals surface area contributed by atoms with Crippen LogP contribution in [0.1, 0.15) is 44.4 Å². The Kier molecular flexibility index (Phi) is 8.28. The van der Waals surface area contributed by atoms with E-state index in [0.29, 0.717) is 24.7 Å². The number of furan rings is 1. The molecule has 7 nitrogen and oxygen atoms in total. The summed E-state index contributed by atoms with van der Waals surface area (Å²) in [5.74, 6) is 1.32. The maximum absolute atomic E-state index is 13.5. The van der Waals surface area contributed by atoms with Gasteiger partial charge in [-0.2, -0.15) is 0 Å². The fourth-order valence-corrected chi connectivity index (χ4v) is 3.82. The van der Waals surface area contributed by atoms with E-state index in [-0.39, 0.29) is 11.7 Å². The first-order chi connectivity index (χ1) is 15.0. The first-order valence-electron chi connectivity index (χ1n) is 11.2. The molecule has 1 fully saturated rings. The molecule has 0 bridgehead atoms. The normalized spacial score (nSPS) is 15.9. The third-order valence-corrected chi connectivity index (χ3v) is 5.59. The van der Waals surface area contributed by atoms with Gasteiger partial charge in [0.05, 0.1) is 6.54 Å². The lowest BCUT2D eigenvalue weighted by molar-refractivity contribution is -0.122. The Morgan fingerprint density at radius 1 is 1.26 bits per heavy atom. The quantitative estimate of drug-likeness (QED) is 0.442. The highest BCUT2D eigenvalue weighted by Gasteiger charge is 2.21. The molecular weight excluding hydrogens is 397 g/mol. The summed E-state index contributed by atoms with van der Waals surface area (Å²) < 4.78 is 19.4. The molecule has 1 aliphatic heterocycles. The number of amides is 1. The topological polar surface area (TPSA) is 81.9 Å². The number of hydrogen-bond donors (Lipinski definition) is 3. The van der Waals surface area contributed by atoms with E-state index in [0.717, 1.165) is 68.1 Å². The molecule has 8 heteroatoms. The highest BCUT2D eigenvalue weighted by Crippen LogP contribution is 2.26. The Morgan fingerprint density at radius 2 is 2.03 bits per heavy atom. The van der Waals surface area contributed by atoms with Crippen molar-refractivity contribution < 1.29 is 13.6 Å². The molecule has 170 valence electrons. The number of carbonyl (C=O) groups is 1. The fourth-order valence-electron chi connectivity index (χ4n) is 3.82. The van der Waals surface area contributed by atoms with Crippen LogP contribution in [-0.2, 0) is 11.3 Å². The number of benzene rings is 1. The third kappa shape index (κ3) is 6.43. The van der Waals surface area contributed by atoms with Crippen molar-refractivity contribution in [1.82, 2.24) is 20.9 Å². The van der Waals surface area contributed by atoms with E-state index >= 15 is 0 Å². The van der Waals surface area contributed by atoms with Gasteiger partial charge in [0.1, 0.15) is 23.7 Å². The van der Waals surface area contributed by atoms with E-state index in [1.165, 1.54) is 12.1 Å². The minimum Gasteiger partial charge on any atom is -0.459 e. The number of halogens is 1. The summed E-state index contributed by atoms with van der Waals surface area (Å²) in [5, 5.41) is 10.5. The molecule has 3 N–H and O–H groups in total. The Balaban J connectivity index is 1.55. The fraction of sp³-hybridized carbons (Fsp3) is 0.565. The van der Waals surface area contributed by atoms with Crippen molar-refractivity contribution in [2.24, 2.45) is 4.99 Å². The molecule has 1 aromatic carbocycles. The first kappa shape index (κ1) is 23.1. The largest absolute Gasteiger partial charge is 0.459 e. The number of rotatable bonds is 8. The first-order valence-corrected chi connectivity index (χ1v) is 11.2. The molecular formula is C23H34FN5O2.